The van der Waals surface area contributed by atoms with Crippen LogP contribution in [0.5, 0.6) is 0 Å². The first kappa shape index (κ1) is 19.0. The van der Waals surface area contributed by atoms with Crippen molar-refractivity contribution < 1.29 is 8.42 Å². The summed E-state index contributed by atoms with van der Waals surface area (Å²) >= 11 is 0. The SMILES string of the molecule is Cn1ccnc1CN1CCCC(CNS(=O)(=O)c2cccc3cccnc23)C1. The number of aryl methyl sites for hydroxylation is 1. The van der Waals surface area contributed by atoms with Gasteiger partial charge in [-0.25, -0.2) is 18.1 Å². The zero-order chi connectivity index (χ0) is 19.6. The molecule has 1 unspecified atom stereocenters. The molecule has 0 saturated carbocycles. The van der Waals surface area contributed by atoms with Crippen LogP contribution >= 0.6 is 0 Å². The van der Waals surface area contributed by atoms with Gasteiger partial charge >= 0.3 is 0 Å². The van der Waals surface area contributed by atoms with Gasteiger partial charge in [-0.2, -0.15) is 0 Å². The summed E-state index contributed by atoms with van der Waals surface area (Å²) in [5.74, 6) is 1.31. The van der Waals surface area contributed by atoms with Crippen LogP contribution in [0.1, 0.15) is 18.7 Å². The number of piperidine rings is 1. The smallest absolute Gasteiger partial charge is 0.242 e. The summed E-state index contributed by atoms with van der Waals surface area (Å²) in [6, 6.07) is 8.93. The van der Waals surface area contributed by atoms with Gasteiger partial charge in [-0.05, 0) is 37.4 Å². The lowest BCUT2D eigenvalue weighted by molar-refractivity contribution is 0.164. The third-order valence-electron chi connectivity index (χ3n) is 5.34. The molecule has 7 nitrogen and oxygen atoms in total. The molecular formula is C20H25N5O2S. The maximum absolute atomic E-state index is 12.9. The standard InChI is InChI=1S/C20H25N5O2S/c1-24-12-10-21-19(24)15-25-11-4-5-16(14-25)13-23-28(26,27)18-8-2-6-17-7-3-9-22-20(17)18/h2-3,6-10,12,16,23H,4-5,11,13-15H2,1H3. The third kappa shape index (κ3) is 4.09. The van der Waals surface area contributed by atoms with E-state index in [2.05, 4.69) is 19.6 Å². The van der Waals surface area contributed by atoms with E-state index in [-0.39, 0.29) is 10.8 Å². The van der Waals surface area contributed by atoms with Crippen LogP contribution < -0.4 is 4.72 Å². The quantitative estimate of drug-likeness (QED) is 0.687. The Morgan fingerprint density at radius 3 is 2.86 bits per heavy atom. The van der Waals surface area contributed by atoms with Gasteiger partial charge in [0.25, 0.3) is 0 Å². The molecule has 0 radical (unpaired) electrons. The van der Waals surface area contributed by atoms with E-state index in [9.17, 15) is 8.42 Å². The van der Waals surface area contributed by atoms with E-state index in [4.69, 9.17) is 0 Å². The summed E-state index contributed by atoms with van der Waals surface area (Å²) in [4.78, 5) is 11.3. The number of pyridine rings is 1. The van der Waals surface area contributed by atoms with E-state index >= 15 is 0 Å². The number of likely N-dealkylation sites (tertiary alicyclic amines) is 1. The van der Waals surface area contributed by atoms with Crippen LogP contribution in [0.2, 0.25) is 0 Å². The summed E-state index contributed by atoms with van der Waals surface area (Å²) in [5.41, 5.74) is 0.512. The highest BCUT2D eigenvalue weighted by atomic mass is 32.2. The van der Waals surface area contributed by atoms with Crippen molar-refractivity contribution >= 4 is 20.9 Å². The van der Waals surface area contributed by atoms with Crippen molar-refractivity contribution in [3.8, 4) is 0 Å². The normalized spacial score (nSPS) is 18.5. The molecular weight excluding hydrogens is 374 g/mol. The lowest BCUT2D eigenvalue weighted by atomic mass is 9.98. The monoisotopic (exact) mass is 399 g/mol. The topological polar surface area (TPSA) is 80.1 Å². The molecule has 1 fully saturated rings. The summed E-state index contributed by atoms with van der Waals surface area (Å²) in [5, 5.41) is 0.823. The van der Waals surface area contributed by atoms with E-state index in [0.29, 0.717) is 12.1 Å². The Labute approximate surface area is 165 Å². The van der Waals surface area contributed by atoms with Crippen molar-refractivity contribution in [2.24, 2.45) is 13.0 Å². The molecule has 2 aromatic heterocycles. The number of aromatic nitrogens is 3. The van der Waals surface area contributed by atoms with Gasteiger partial charge in [0.15, 0.2) is 0 Å². The number of hydrogen-bond donors (Lipinski definition) is 1. The Bertz CT molecular complexity index is 1060. The maximum Gasteiger partial charge on any atom is 0.242 e. The van der Waals surface area contributed by atoms with Crippen LogP contribution in [0.4, 0.5) is 0 Å². The van der Waals surface area contributed by atoms with E-state index < -0.39 is 10.0 Å². The number of sulfonamides is 1. The van der Waals surface area contributed by atoms with E-state index in [1.165, 1.54) is 0 Å². The first-order chi connectivity index (χ1) is 13.5. The minimum atomic E-state index is -3.61. The number of hydrogen-bond acceptors (Lipinski definition) is 5. The second-order valence-electron chi connectivity index (χ2n) is 7.38. The highest BCUT2D eigenvalue weighted by Gasteiger charge is 2.24. The zero-order valence-electron chi connectivity index (χ0n) is 16.0. The van der Waals surface area contributed by atoms with Crippen molar-refractivity contribution in [3.05, 3.63) is 54.7 Å². The highest BCUT2D eigenvalue weighted by Crippen LogP contribution is 2.22. The molecule has 8 heteroatoms. The second kappa shape index (κ2) is 7.98. The molecule has 1 N–H and O–H groups in total. The number of imidazole rings is 1. The lowest BCUT2D eigenvalue weighted by Crippen LogP contribution is -2.40. The molecule has 28 heavy (non-hydrogen) atoms. The Balaban J connectivity index is 1.42. The van der Waals surface area contributed by atoms with Gasteiger partial charge in [0.05, 0.1) is 12.1 Å². The van der Waals surface area contributed by atoms with Crippen LogP contribution in [0, 0.1) is 5.92 Å². The average molecular weight is 400 g/mol. The highest BCUT2D eigenvalue weighted by molar-refractivity contribution is 7.89. The molecule has 3 heterocycles. The first-order valence-electron chi connectivity index (χ1n) is 9.55. The number of para-hydroxylation sites is 1. The third-order valence-corrected chi connectivity index (χ3v) is 6.79. The molecule has 0 spiro atoms. The largest absolute Gasteiger partial charge is 0.337 e. The number of benzene rings is 1. The second-order valence-corrected chi connectivity index (χ2v) is 9.12. The van der Waals surface area contributed by atoms with Gasteiger partial charge in [0.2, 0.25) is 10.0 Å². The van der Waals surface area contributed by atoms with Crippen molar-refractivity contribution in [1.29, 1.82) is 0 Å². The number of fused-ring (bicyclic) bond motifs is 1. The van der Waals surface area contributed by atoms with Crippen LogP contribution in [0.3, 0.4) is 0 Å². The molecule has 1 aliphatic heterocycles. The summed E-state index contributed by atoms with van der Waals surface area (Å²) < 4.78 is 30.6. The predicted octanol–water partition coefficient (Wildman–Crippen LogP) is 2.16. The van der Waals surface area contributed by atoms with Crippen LogP contribution in [0.15, 0.2) is 53.8 Å². The number of rotatable bonds is 6. The molecule has 1 atom stereocenters. The Morgan fingerprint density at radius 1 is 1.18 bits per heavy atom. The molecule has 0 bridgehead atoms. The lowest BCUT2D eigenvalue weighted by Gasteiger charge is -2.32. The maximum atomic E-state index is 12.9. The van der Waals surface area contributed by atoms with Crippen LogP contribution in [-0.2, 0) is 23.6 Å². The van der Waals surface area contributed by atoms with Gasteiger partial charge in [-0.3, -0.25) is 9.88 Å². The molecule has 1 aromatic carbocycles. The number of nitrogens with zero attached hydrogens (tertiary/aromatic N) is 4. The van der Waals surface area contributed by atoms with Gasteiger partial charge in [-0.1, -0.05) is 18.2 Å². The van der Waals surface area contributed by atoms with E-state index in [1.54, 1.807) is 18.3 Å². The fraction of sp³-hybridized carbons (Fsp3) is 0.400. The summed E-state index contributed by atoms with van der Waals surface area (Å²) in [7, 11) is -1.61. The van der Waals surface area contributed by atoms with Crippen molar-refractivity contribution in [2.75, 3.05) is 19.6 Å². The van der Waals surface area contributed by atoms with Crippen molar-refractivity contribution in [3.63, 3.8) is 0 Å². The Morgan fingerprint density at radius 2 is 2.04 bits per heavy atom. The molecule has 0 amide bonds. The van der Waals surface area contributed by atoms with Crippen LogP contribution in [0.25, 0.3) is 10.9 Å². The molecule has 4 rings (SSSR count). The minimum absolute atomic E-state index is 0.242. The molecule has 1 saturated heterocycles. The summed E-state index contributed by atoms with van der Waals surface area (Å²) in [6.07, 6.45) is 7.46. The van der Waals surface area contributed by atoms with Gasteiger partial charge in [0.1, 0.15) is 10.7 Å². The molecule has 1 aliphatic rings. The van der Waals surface area contributed by atoms with E-state index in [0.717, 1.165) is 43.7 Å². The fourth-order valence-corrected chi connectivity index (χ4v) is 5.10. The fourth-order valence-electron chi connectivity index (χ4n) is 3.81. The van der Waals surface area contributed by atoms with Crippen molar-refractivity contribution in [2.45, 2.75) is 24.3 Å². The first-order valence-corrected chi connectivity index (χ1v) is 11.0. The summed E-state index contributed by atoms with van der Waals surface area (Å²) in [6.45, 7) is 3.11. The van der Waals surface area contributed by atoms with Crippen LogP contribution in [-0.4, -0.2) is 47.5 Å². The molecule has 148 valence electrons. The molecule has 3 aromatic rings. The van der Waals surface area contributed by atoms with E-state index in [1.807, 2.05) is 42.2 Å². The average Bonchev–Trinajstić information content (AvgIpc) is 3.11. The Hall–Kier alpha value is -2.29. The van der Waals surface area contributed by atoms with Gasteiger partial charge in [-0.15, -0.1) is 0 Å². The van der Waals surface area contributed by atoms with Gasteiger partial charge < -0.3 is 4.57 Å². The Kier molecular flexibility index (Phi) is 5.43. The predicted molar refractivity (Wildman–Crippen MR) is 108 cm³/mol. The van der Waals surface area contributed by atoms with Crippen molar-refractivity contribution in [1.82, 2.24) is 24.2 Å². The minimum Gasteiger partial charge on any atom is -0.337 e. The zero-order valence-corrected chi connectivity index (χ0v) is 16.8. The number of nitrogens with one attached hydrogen (secondary N) is 1. The van der Waals surface area contributed by atoms with Gasteiger partial charge in [0, 0.05) is 44.1 Å². The molecule has 0 aliphatic carbocycles.